The summed E-state index contributed by atoms with van der Waals surface area (Å²) in [6.07, 6.45) is -4.04. The molecule has 0 saturated carbocycles. The predicted molar refractivity (Wildman–Crippen MR) is 137 cm³/mol. The van der Waals surface area contributed by atoms with Gasteiger partial charge in [0.25, 0.3) is 12.3 Å². The van der Waals surface area contributed by atoms with Crippen molar-refractivity contribution in [3.8, 4) is 0 Å². The maximum Gasteiger partial charge on any atom is 0.356 e. The molecule has 3 atom stereocenters. The molecule has 2 amide bonds. The third-order valence-electron chi connectivity index (χ3n) is 6.27. The minimum atomic E-state index is -3.13. The van der Waals surface area contributed by atoms with Crippen LogP contribution in [0.15, 0.2) is 89.4 Å². The quantitative estimate of drug-likeness (QED) is 0.339. The number of nitrogens with zero attached hydrogens (tertiary/aromatic N) is 1. The lowest BCUT2D eigenvalue weighted by Gasteiger charge is -2.49. The van der Waals surface area contributed by atoms with Gasteiger partial charge in [-0.15, -0.1) is 11.3 Å². The average Bonchev–Trinajstić information content (AvgIpc) is 3.43. The van der Waals surface area contributed by atoms with E-state index in [4.69, 9.17) is 4.74 Å². The lowest BCUT2D eigenvalue weighted by molar-refractivity contribution is -0.155. The van der Waals surface area contributed by atoms with Gasteiger partial charge in [-0.1, -0.05) is 66.7 Å². The van der Waals surface area contributed by atoms with Gasteiger partial charge in [0, 0.05) is 10.5 Å². The Morgan fingerprint density at radius 1 is 1.03 bits per heavy atom. The number of carbonyl (C=O) groups is 3. The number of rotatable bonds is 8. The lowest BCUT2D eigenvalue weighted by Crippen LogP contribution is -2.74. The number of alkyl halides is 2. The molecule has 0 bridgehead atoms. The molecule has 1 saturated heterocycles. The largest absolute Gasteiger partial charge is 0.448 e. The van der Waals surface area contributed by atoms with Gasteiger partial charge in [0.05, 0.1) is 23.0 Å². The number of carbonyl (C=O) groups excluding carboxylic acids is 3. The molecule has 11 heteroatoms. The zero-order valence-corrected chi connectivity index (χ0v) is 21.4. The zero-order chi connectivity index (χ0) is 26.8. The molecule has 3 aromatic rings. The van der Waals surface area contributed by atoms with Gasteiger partial charge < -0.3 is 10.1 Å². The number of hydrogen-bond donors (Lipinski definition) is 1. The van der Waals surface area contributed by atoms with Crippen molar-refractivity contribution in [2.24, 2.45) is 0 Å². The molecule has 3 heterocycles. The van der Waals surface area contributed by atoms with Gasteiger partial charge in [0.2, 0.25) is 5.91 Å². The standard InChI is InChI=1S/C27H22F2N2O5S2/c28-24(29)19-15-38(35)26-21(30-20(32)14-18-12-7-13-37-18)25(33)31(26)22(19)27(34)36-23(16-8-3-1-4-9-16)17-10-5-2-6-11-17/h1-13,21,23-24,26H,14-15H2,(H,30,32)/t21?,26-,38?/m1/s1. The highest BCUT2D eigenvalue weighted by atomic mass is 32.2. The fraction of sp³-hybridized carbons (Fsp3) is 0.222. The van der Waals surface area contributed by atoms with E-state index >= 15 is 0 Å². The van der Waals surface area contributed by atoms with Crippen molar-refractivity contribution in [1.29, 1.82) is 0 Å². The van der Waals surface area contributed by atoms with E-state index in [2.05, 4.69) is 5.32 Å². The van der Waals surface area contributed by atoms with E-state index in [1.54, 1.807) is 72.8 Å². The summed E-state index contributed by atoms with van der Waals surface area (Å²) >= 11 is 1.37. The molecule has 2 aliphatic heterocycles. The maximum atomic E-state index is 14.1. The second-order valence-corrected chi connectivity index (χ2v) is 11.3. The van der Waals surface area contributed by atoms with Crippen molar-refractivity contribution in [1.82, 2.24) is 10.2 Å². The minimum Gasteiger partial charge on any atom is -0.448 e. The van der Waals surface area contributed by atoms with Crippen LogP contribution < -0.4 is 5.32 Å². The molecule has 5 rings (SSSR count). The van der Waals surface area contributed by atoms with Crippen molar-refractivity contribution in [2.75, 3.05) is 5.75 Å². The van der Waals surface area contributed by atoms with E-state index in [9.17, 15) is 27.4 Å². The molecule has 0 aliphatic carbocycles. The van der Waals surface area contributed by atoms with E-state index < -0.39 is 69.6 Å². The van der Waals surface area contributed by atoms with Crippen LogP contribution in [-0.4, -0.2) is 50.5 Å². The maximum absolute atomic E-state index is 14.1. The van der Waals surface area contributed by atoms with Gasteiger partial charge in [-0.3, -0.25) is 18.7 Å². The minimum absolute atomic E-state index is 0.0175. The molecular formula is C27H22F2N2O5S2. The summed E-state index contributed by atoms with van der Waals surface area (Å²) in [5, 5.41) is 3.21. The summed E-state index contributed by atoms with van der Waals surface area (Å²) in [4.78, 5) is 40.6. The number of nitrogens with one attached hydrogen (secondary N) is 1. The first-order chi connectivity index (χ1) is 18.3. The van der Waals surface area contributed by atoms with Gasteiger partial charge in [0.1, 0.15) is 17.1 Å². The first kappa shape index (κ1) is 25.9. The number of thiophene rings is 1. The summed E-state index contributed by atoms with van der Waals surface area (Å²) in [5.41, 5.74) is -0.122. The van der Waals surface area contributed by atoms with Crippen molar-refractivity contribution < 1.29 is 32.1 Å². The van der Waals surface area contributed by atoms with Gasteiger partial charge >= 0.3 is 5.97 Å². The Balaban J connectivity index is 1.42. The van der Waals surface area contributed by atoms with Crippen LogP contribution in [-0.2, 0) is 36.3 Å². The van der Waals surface area contributed by atoms with Crippen molar-refractivity contribution in [3.05, 3.63) is 105 Å². The summed E-state index contributed by atoms with van der Waals surface area (Å²) in [7, 11) is -1.96. The summed E-state index contributed by atoms with van der Waals surface area (Å²) in [5.74, 6) is -3.00. The molecule has 2 aromatic carbocycles. The zero-order valence-electron chi connectivity index (χ0n) is 19.8. The van der Waals surface area contributed by atoms with E-state index in [-0.39, 0.29) is 6.42 Å². The highest BCUT2D eigenvalue weighted by molar-refractivity contribution is 7.86. The van der Waals surface area contributed by atoms with Crippen LogP contribution in [0.1, 0.15) is 22.1 Å². The lowest BCUT2D eigenvalue weighted by atomic mass is 10.0. The molecule has 2 unspecified atom stereocenters. The summed E-state index contributed by atoms with van der Waals surface area (Å²) < 4.78 is 46.8. The SMILES string of the molecule is O=C(Cc1cccs1)NC1C(=O)N2C(C(=O)OC(c3ccccc3)c3ccccc3)=C(C(F)F)CS(=O)[C@H]12. The molecule has 196 valence electrons. The number of halogens is 2. The molecule has 1 aromatic heterocycles. The van der Waals surface area contributed by atoms with E-state index in [0.29, 0.717) is 11.1 Å². The molecule has 1 N–H and O–H groups in total. The highest BCUT2D eigenvalue weighted by Gasteiger charge is 2.58. The molecule has 1 fully saturated rings. The first-order valence-electron chi connectivity index (χ1n) is 11.7. The van der Waals surface area contributed by atoms with Crippen molar-refractivity contribution >= 4 is 39.9 Å². The second kappa shape index (κ2) is 11.0. The number of amides is 2. The smallest absolute Gasteiger partial charge is 0.356 e. The Morgan fingerprint density at radius 3 is 2.21 bits per heavy atom. The fourth-order valence-corrected chi connectivity index (χ4v) is 6.88. The molecular weight excluding hydrogens is 534 g/mol. The third-order valence-corrected chi connectivity index (χ3v) is 8.77. The number of benzene rings is 2. The van der Waals surface area contributed by atoms with E-state index in [0.717, 1.165) is 9.78 Å². The Hall–Kier alpha value is -3.70. The van der Waals surface area contributed by atoms with Crippen LogP contribution in [0.5, 0.6) is 0 Å². The fourth-order valence-electron chi connectivity index (χ4n) is 4.50. The monoisotopic (exact) mass is 556 g/mol. The predicted octanol–water partition coefficient (Wildman–Crippen LogP) is 3.56. The Morgan fingerprint density at radius 2 is 1.66 bits per heavy atom. The van der Waals surface area contributed by atoms with Crippen LogP contribution in [0.4, 0.5) is 8.78 Å². The van der Waals surface area contributed by atoms with Crippen LogP contribution in [0, 0.1) is 0 Å². The third kappa shape index (κ3) is 5.03. The Kier molecular flexibility index (Phi) is 7.48. The van der Waals surface area contributed by atoms with Gasteiger partial charge in [-0.25, -0.2) is 13.6 Å². The van der Waals surface area contributed by atoms with E-state index in [1.165, 1.54) is 11.3 Å². The number of fused-ring (bicyclic) bond motifs is 1. The Labute approximate surface area is 223 Å². The summed E-state index contributed by atoms with van der Waals surface area (Å²) in [6, 6.07) is 19.9. The van der Waals surface area contributed by atoms with Crippen LogP contribution in [0.3, 0.4) is 0 Å². The van der Waals surface area contributed by atoms with Crippen molar-refractivity contribution in [2.45, 2.75) is 30.4 Å². The first-order valence-corrected chi connectivity index (χ1v) is 14.0. The molecule has 38 heavy (non-hydrogen) atoms. The average molecular weight is 557 g/mol. The van der Waals surface area contributed by atoms with Gasteiger partial charge in [-0.05, 0) is 22.6 Å². The van der Waals surface area contributed by atoms with Gasteiger partial charge in [0.15, 0.2) is 6.10 Å². The second-order valence-electron chi connectivity index (χ2n) is 8.71. The molecule has 0 spiro atoms. The topological polar surface area (TPSA) is 92.8 Å². The van der Waals surface area contributed by atoms with Crippen LogP contribution in [0.25, 0.3) is 0 Å². The number of ether oxygens (including phenoxy) is 1. The normalized spacial score (nSPS) is 20.8. The molecule has 2 aliphatic rings. The number of esters is 1. The summed E-state index contributed by atoms with van der Waals surface area (Å²) in [6.45, 7) is 0. The highest BCUT2D eigenvalue weighted by Crippen LogP contribution is 2.38. The molecule has 7 nitrogen and oxygen atoms in total. The molecule has 0 radical (unpaired) electrons. The van der Waals surface area contributed by atoms with Crippen molar-refractivity contribution in [3.63, 3.8) is 0 Å². The van der Waals surface area contributed by atoms with Crippen LogP contribution >= 0.6 is 11.3 Å². The number of β-lactam (4-membered cyclic amide) rings is 1. The van der Waals surface area contributed by atoms with Crippen LogP contribution in [0.2, 0.25) is 0 Å². The Bertz CT molecular complexity index is 1360. The number of hydrogen-bond acceptors (Lipinski definition) is 6. The van der Waals surface area contributed by atoms with Gasteiger partial charge in [-0.2, -0.15) is 0 Å². The van der Waals surface area contributed by atoms with E-state index in [1.807, 2.05) is 5.38 Å².